The van der Waals surface area contributed by atoms with E-state index >= 15 is 0 Å². The van der Waals surface area contributed by atoms with Gasteiger partial charge in [-0.3, -0.25) is 0 Å². The van der Waals surface area contributed by atoms with Crippen LogP contribution in [0.2, 0.25) is 0 Å². The maximum absolute atomic E-state index is 11.3. The third-order valence-corrected chi connectivity index (χ3v) is 1.96. The van der Waals surface area contributed by atoms with Crippen molar-refractivity contribution < 1.29 is 14.3 Å². The van der Waals surface area contributed by atoms with Gasteiger partial charge in [-0.05, 0) is 18.1 Å². The smallest absolute Gasteiger partial charge is 0.331 e. The molecule has 0 N–H and O–H groups in total. The van der Waals surface area contributed by atoms with Crippen LogP contribution in [0.3, 0.4) is 0 Å². The number of hydrogen-bond donors (Lipinski definition) is 0. The van der Waals surface area contributed by atoms with Crippen LogP contribution < -0.4 is 0 Å². The topological polar surface area (TPSA) is 35.5 Å². The van der Waals surface area contributed by atoms with Gasteiger partial charge in [0, 0.05) is 13.2 Å². The average molecular weight is 220 g/mol. The summed E-state index contributed by atoms with van der Waals surface area (Å²) >= 11 is 0. The van der Waals surface area contributed by atoms with E-state index in [-0.39, 0.29) is 5.97 Å². The van der Waals surface area contributed by atoms with Crippen molar-refractivity contribution >= 4 is 5.97 Å². The molecule has 86 valence electrons. The minimum atomic E-state index is -0.335. The highest BCUT2D eigenvalue weighted by Gasteiger charge is 2.00. The van der Waals surface area contributed by atoms with E-state index in [9.17, 15) is 4.79 Å². The number of benzene rings is 1. The van der Waals surface area contributed by atoms with Crippen molar-refractivity contribution in [3.8, 4) is 0 Å². The van der Waals surface area contributed by atoms with E-state index in [1.807, 2.05) is 37.3 Å². The van der Waals surface area contributed by atoms with Crippen molar-refractivity contribution in [3.63, 3.8) is 0 Å². The number of carbonyl (C=O) groups is 1. The molecule has 16 heavy (non-hydrogen) atoms. The van der Waals surface area contributed by atoms with E-state index in [1.54, 1.807) is 7.11 Å². The zero-order chi connectivity index (χ0) is 11.8. The van der Waals surface area contributed by atoms with Crippen LogP contribution in [0.4, 0.5) is 0 Å². The Balaban J connectivity index is 2.39. The van der Waals surface area contributed by atoms with Crippen LogP contribution in [-0.2, 0) is 20.9 Å². The van der Waals surface area contributed by atoms with Gasteiger partial charge in [0.2, 0.25) is 0 Å². The molecule has 1 aromatic carbocycles. The molecule has 0 atom stereocenters. The summed E-state index contributed by atoms with van der Waals surface area (Å²) in [6, 6.07) is 9.58. The van der Waals surface area contributed by atoms with Crippen molar-refractivity contribution in [3.05, 3.63) is 47.5 Å². The number of hydrogen-bond acceptors (Lipinski definition) is 3. The largest absolute Gasteiger partial charge is 0.458 e. The van der Waals surface area contributed by atoms with Gasteiger partial charge in [-0.1, -0.05) is 30.3 Å². The van der Waals surface area contributed by atoms with Crippen molar-refractivity contribution in [1.29, 1.82) is 0 Å². The molecular formula is C13H16O3. The highest BCUT2D eigenvalue weighted by molar-refractivity contribution is 5.82. The predicted molar refractivity (Wildman–Crippen MR) is 61.9 cm³/mol. The van der Waals surface area contributed by atoms with Gasteiger partial charge in [0.25, 0.3) is 0 Å². The Kier molecular flexibility index (Phi) is 5.29. The second-order valence-electron chi connectivity index (χ2n) is 3.52. The zero-order valence-electron chi connectivity index (χ0n) is 9.60. The maximum Gasteiger partial charge on any atom is 0.331 e. The fourth-order valence-electron chi connectivity index (χ4n) is 1.24. The van der Waals surface area contributed by atoms with Gasteiger partial charge < -0.3 is 9.47 Å². The monoisotopic (exact) mass is 220 g/mol. The Morgan fingerprint density at radius 3 is 2.62 bits per heavy atom. The molecule has 3 heteroatoms. The average Bonchev–Trinajstić information content (AvgIpc) is 2.28. The summed E-state index contributed by atoms with van der Waals surface area (Å²) in [5, 5.41) is 0. The Morgan fingerprint density at radius 1 is 1.31 bits per heavy atom. The van der Waals surface area contributed by atoms with Gasteiger partial charge in [0.15, 0.2) is 0 Å². The second kappa shape index (κ2) is 6.80. The summed E-state index contributed by atoms with van der Waals surface area (Å²) in [7, 11) is 1.59. The molecule has 0 aliphatic carbocycles. The first-order valence-electron chi connectivity index (χ1n) is 5.09. The minimum absolute atomic E-state index is 0.302. The van der Waals surface area contributed by atoms with E-state index in [0.717, 1.165) is 11.1 Å². The maximum atomic E-state index is 11.3. The summed E-state index contributed by atoms with van der Waals surface area (Å²) in [4.78, 5) is 11.3. The third-order valence-electron chi connectivity index (χ3n) is 1.96. The number of ether oxygens (including phenoxy) is 2. The molecule has 0 aliphatic heterocycles. The van der Waals surface area contributed by atoms with Gasteiger partial charge in [-0.2, -0.15) is 0 Å². The van der Waals surface area contributed by atoms with E-state index in [1.165, 1.54) is 6.08 Å². The third kappa shape index (κ3) is 4.75. The van der Waals surface area contributed by atoms with Crippen molar-refractivity contribution in [1.82, 2.24) is 0 Å². The van der Waals surface area contributed by atoms with Crippen LogP contribution in [-0.4, -0.2) is 19.7 Å². The fraction of sp³-hybridized carbons (Fsp3) is 0.308. The number of carbonyl (C=O) groups excluding carboxylic acids is 1. The molecular weight excluding hydrogens is 204 g/mol. The highest BCUT2D eigenvalue weighted by atomic mass is 16.5. The SMILES string of the molecule is COCC(C)=CC(=O)OCc1ccccc1. The Bertz CT molecular complexity index is 355. The molecule has 0 heterocycles. The molecule has 1 aromatic rings. The molecule has 0 spiro atoms. The molecule has 0 fully saturated rings. The molecule has 0 amide bonds. The summed E-state index contributed by atoms with van der Waals surface area (Å²) in [6.07, 6.45) is 1.45. The van der Waals surface area contributed by atoms with E-state index in [0.29, 0.717) is 13.2 Å². The number of esters is 1. The first-order chi connectivity index (χ1) is 7.72. The van der Waals surface area contributed by atoms with E-state index < -0.39 is 0 Å². The van der Waals surface area contributed by atoms with E-state index in [2.05, 4.69) is 0 Å². The fourth-order valence-corrected chi connectivity index (χ4v) is 1.24. The summed E-state index contributed by atoms with van der Waals surface area (Å²) in [6.45, 7) is 2.57. The van der Waals surface area contributed by atoms with Crippen LogP contribution >= 0.6 is 0 Å². The van der Waals surface area contributed by atoms with Crippen LogP contribution in [0.25, 0.3) is 0 Å². The van der Waals surface area contributed by atoms with Crippen LogP contribution in [0.5, 0.6) is 0 Å². The van der Waals surface area contributed by atoms with Gasteiger partial charge in [-0.25, -0.2) is 4.79 Å². The number of rotatable bonds is 5. The lowest BCUT2D eigenvalue weighted by Crippen LogP contribution is -2.03. The summed E-state index contributed by atoms with van der Waals surface area (Å²) in [5.41, 5.74) is 1.83. The normalized spacial score (nSPS) is 11.2. The predicted octanol–water partition coefficient (Wildman–Crippen LogP) is 2.32. The molecule has 0 bridgehead atoms. The Labute approximate surface area is 95.7 Å². The molecule has 1 rings (SSSR count). The van der Waals surface area contributed by atoms with Crippen LogP contribution in [0.1, 0.15) is 12.5 Å². The molecule has 3 nitrogen and oxygen atoms in total. The first-order valence-corrected chi connectivity index (χ1v) is 5.09. The Morgan fingerprint density at radius 2 is 2.00 bits per heavy atom. The Hall–Kier alpha value is -1.61. The quantitative estimate of drug-likeness (QED) is 0.564. The zero-order valence-corrected chi connectivity index (χ0v) is 9.60. The standard InChI is InChI=1S/C13H16O3/c1-11(9-15-2)8-13(14)16-10-12-6-4-3-5-7-12/h3-8H,9-10H2,1-2H3. The lowest BCUT2D eigenvalue weighted by molar-refractivity contribution is -0.139. The molecule has 0 saturated carbocycles. The highest BCUT2D eigenvalue weighted by Crippen LogP contribution is 2.02. The lowest BCUT2D eigenvalue weighted by atomic mass is 10.2. The molecule has 0 aliphatic rings. The van der Waals surface area contributed by atoms with Gasteiger partial charge in [-0.15, -0.1) is 0 Å². The van der Waals surface area contributed by atoms with Gasteiger partial charge >= 0.3 is 5.97 Å². The van der Waals surface area contributed by atoms with Crippen molar-refractivity contribution in [2.75, 3.05) is 13.7 Å². The lowest BCUT2D eigenvalue weighted by Gasteiger charge is -2.03. The molecule has 0 saturated heterocycles. The van der Waals surface area contributed by atoms with Crippen LogP contribution in [0.15, 0.2) is 42.0 Å². The number of methoxy groups -OCH3 is 1. The minimum Gasteiger partial charge on any atom is -0.458 e. The molecule has 0 aromatic heterocycles. The molecule has 0 unspecified atom stereocenters. The van der Waals surface area contributed by atoms with Gasteiger partial charge in [0.05, 0.1) is 6.61 Å². The van der Waals surface area contributed by atoms with Crippen molar-refractivity contribution in [2.45, 2.75) is 13.5 Å². The second-order valence-corrected chi connectivity index (χ2v) is 3.52. The van der Waals surface area contributed by atoms with Crippen molar-refractivity contribution in [2.24, 2.45) is 0 Å². The van der Waals surface area contributed by atoms with Crippen LogP contribution in [0, 0.1) is 0 Å². The summed E-state index contributed by atoms with van der Waals surface area (Å²) < 4.78 is 9.97. The first kappa shape index (κ1) is 12.5. The van der Waals surface area contributed by atoms with E-state index in [4.69, 9.17) is 9.47 Å². The molecule has 0 radical (unpaired) electrons. The summed E-state index contributed by atoms with van der Waals surface area (Å²) in [5.74, 6) is -0.335. The van der Waals surface area contributed by atoms with Gasteiger partial charge in [0.1, 0.15) is 6.61 Å².